The summed E-state index contributed by atoms with van der Waals surface area (Å²) in [6, 6.07) is 15.3. The van der Waals surface area contributed by atoms with Crippen molar-refractivity contribution in [1.29, 1.82) is 0 Å². The van der Waals surface area contributed by atoms with Crippen molar-refractivity contribution < 1.29 is 13.2 Å². The number of nitrogens with zero attached hydrogens (tertiary/aromatic N) is 1. The Kier molecular flexibility index (Phi) is 5.74. The molecular weight excluding hydrogens is 324 g/mol. The zero-order chi connectivity index (χ0) is 17.6. The molecule has 5 nitrogen and oxygen atoms in total. The van der Waals surface area contributed by atoms with Gasteiger partial charge >= 0.3 is 0 Å². The second-order valence-corrected chi connectivity index (χ2v) is 7.31. The minimum Gasteiger partial charge on any atom is -0.341 e. The Morgan fingerprint density at radius 1 is 1.04 bits per heavy atom. The maximum Gasteiger partial charge on any atom is 0.252 e. The summed E-state index contributed by atoms with van der Waals surface area (Å²) in [5, 5.41) is 2.68. The summed E-state index contributed by atoms with van der Waals surface area (Å²) in [4.78, 5) is 12.2. The number of sulfonamides is 1. The van der Waals surface area contributed by atoms with Crippen molar-refractivity contribution in [3.63, 3.8) is 0 Å². The van der Waals surface area contributed by atoms with E-state index in [4.69, 9.17) is 0 Å². The third kappa shape index (κ3) is 4.44. The minimum absolute atomic E-state index is 0.146. The van der Waals surface area contributed by atoms with E-state index in [2.05, 4.69) is 17.2 Å². The first-order valence-corrected chi connectivity index (χ1v) is 8.70. The lowest BCUT2D eigenvalue weighted by Gasteiger charge is -2.11. The molecule has 0 fully saturated rings. The van der Waals surface area contributed by atoms with Crippen LogP contribution in [-0.4, -0.2) is 39.3 Å². The van der Waals surface area contributed by atoms with Crippen molar-refractivity contribution in [2.24, 2.45) is 0 Å². The summed E-state index contributed by atoms with van der Waals surface area (Å²) in [5.74, 6) is 5.51. The van der Waals surface area contributed by atoms with Gasteiger partial charge in [0.15, 0.2) is 0 Å². The SMILES string of the molecule is CN(C)S(=O)(=O)c1ccc(C(=O)NCC#Cc2ccccc2)cc1. The van der Waals surface area contributed by atoms with Crippen molar-refractivity contribution in [2.75, 3.05) is 20.6 Å². The van der Waals surface area contributed by atoms with Crippen LogP contribution in [0.2, 0.25) is 0 Å². The van der Waals surface area contributed by atoms with E-state index in [0.29, 0.717) is 5.56 Å². The number of carbonyl (C=O) groups is 1. The molecule has 2 aromatic rings. The third-order valence-electron chi connectivity index (χ3n) is 3.24. The number of rotatable bonds is 4. The highest BCUT2D eigenvalue weighted by Crippen LogP contribution is 2.13. The average Bonchev–Trinajstić information content (AvgIpc) is 2.59. The first kappa shape index (κ1) is 17.7. The first-order valence-electron chi connectivity index (χ1n) is 7.26. The Balaban J connectivity index is 1.98. The van der Waals surface area contributed by atoms with E-state index in [-0.39, 0.29) is 17.3 Å². The summed E-state index contributed by atoms with van der Waals surface area (Å²) in [6.45, 7) is 0.214. The predicted molar refractivity (Wildman–Crippen MR) is 93.0 cm³/mol. The van der Waals surface area contributed by atoms with E-state index in [9.17, 15) is 13.2 Å². The number of nitrogens with one attached hydrogen (secondary N) is 1. The Morgan fingerprint density at radius 3 is 2.25 bits per heavy atom. The largest absolute Gasteiger partial charge is 0.341 e. The molecule has 0 aliphatic rings. The Hall–Kier alpha value is -2.62. The summed E-state index contributed by atoms with van der Waals surface area (Å²) in [6.07, 6.45) is 0. The van der Waals surface area contributed by atoms with Crippen LogP contribution in [0, 0.1) is 11.8 Å². The van der Waals surface area contributed by atoms with Gasteiger partial charge in [-0.05, 0) is 36.4 Å². The molecule has 0 aliphatic carbocycles. The molecule has 0 aromatic heterocycles. The van der Waals surface area contributed by atoms with Crippen molar-refractivity contribution in [3.8, 4) is 11.8 Å². The summed E-state index contributed by atoms with van der Waals surface area (Å²) in [7, 11) is -0.572. The van der Waals surface area contributed by atoms with Gasteiger partial charge in [0.2, 0.25) is 10.0 Å². The molecule has 0 atom stereocenters. The first-order chi connectivity index (χ1) is 11.4. The Bertz CT molecular complexity index is 862. The van der Waals surface area contributed by atoms with Crippen molar-refractivity contribution in [2.45, 2.75) is 4.90 Å². The van der Waals surface area contributed by atoms with E-state index >= 15 is 0 Å². The van der Waals surface area contributed by atoms with Crippen LogP contribution in [0.3, 0.4) is 0 Å². The molecule has 0 saturated heterocycles. The van der Waals surface area contributed by atoms with Gasteiger partial charge in [0.1, 0.15) is 0 Å². The highest BCUT2D eigenvalue weighted by Gasteiger charge is 2.17. The van der Waals surface area contributed by atoms with Gasteiger partial charge in [0.05, 0.1) is 11.4 Å². The lowest BCUT2D eigenvalue weighted by molar-refractivity contribution is 0.0958. The Labute approximate surface area is 142 Å². The standard InChI is InChI=1S/C18H18N2O3S/c1-20(2)24(22,23)17-12-10-16(11-13-17)18(21)19-14-6-9-15-7-4-3-5-8-15/h3-5,7-8,10-13H,14H2,1-2H3,(H,19,21). The molecule has 0 aliphatic heterocycles. The van der Waals surface area contributed by atoms with Gasteiger partial charge in [-0.1, -0.05) is 30.0 Å². The van der Waals surface area contributed by atoms with Gasteiger partial charge in [-0.2, -0.15) is 0 Å². The number of benzene rings is 2. The summed E-state index contributed by atoms with van der Waals surface area (Å²) < 4.78 is 25.1. The number of hydrogen-bond donors (Lipinski definition) is 1. The zero-order valence-electron chi connectivity index (χ0n) is 13.5. The molecule has 0 heterocycles. The molecule has 2 rings (SSSR count). The van der Waals surface area contributed by atoms with Crippen LogP contribution in [0.1, 0.15) is 15.9 Å². The fourth-order valence-electron chi connectivity index (χ4n) is 1.88. The zero-order valence-corrected chi connectivity index (χ0v) is 14.3. The van der Waals surface area contributed by atoms with Crippen LogP contribution in [0.15, 0.2) is 59.5 Å². The monoisotopic (exact) mass is 342 g/mol. The third-order valence-corrected chi connectivity index (χ3v) is 5.07. The molecule has 2 aromatic carbocycles. The second kappa shape index (κ2) is 7.77. The van der Waals surface area contributed by atoms with Crippen LogP contribution in [0.4, 0.5) is 0 Å². The molecule has 24 heavy (non-hydrogen) atoms. The van der Waals surface area contributed by atoms with Crippen molar-refractivity contribution in [3.05, 3.63) is 65.7 Å². The van der Waals surface area contributed by atoms with E-state index in [1.165, 1.54) is 38.4 Å². The maximum absolute atomic E-state index is 12.0. The number of carbonyl (C=O) groups excluding carboxylic acids is 1. The summed E-state index contributed by atoms with van der Waals surface area (Å²) in [5.41, 5.74) is 1.26. The van der Waals surface area contributed by atoms with E-state index in [0.717, 1.165) is 9.87 Å². The highest BCUT2D eigenvalue weighted by atomic mass is 32.2. The van der Waals surface area contributed by atoms with Crippen LogP contribution >= 0.6 is 0 Å². The van der Waals surface area contributed by atoms with Gasteiger partial charge < -0.3 is 5.32 Å². The van der Waals surface area contributed by atoms with Gasteiger partial charge in [-0.25, -0.2) is 12.7 Å². The fraction of sp³-hybridized carbons (Fsp3) is 0.167. The number of amides is 1. The van der Waals surface area contributed by atoms with Gasteiger partial charge in [0, 0.05) is 25.2 Å². The van der Waals surface area contributed by atoms with Crippen LogP contribution in [0.25, 0.3) is 0 Å². The van der Waals surface area contributed by atoms with Crippen LogP contribution in [0.5, 0.6) is 0 Å². The average molecular weight is 342 g/mol. The quantitative estimate of drug-likeness (QED) is 0.861. The Morgan fingerprint density at radius 2 is 1.67 bits per heavy atom. The van der Waals surface area contributed by atoms with E-state index in [1.54, 1.807) is 0 Å². The van der Waals surface area contributed by atoms with E-state index in [1.807, 2.05) is 30.3 Å². The number of hydrogen-bond acceptors (Lipinski definition) is 3. The lowest BCUT2D eigenvalue weighted by atomic mass is 10.2. The summed E-state index contributed by atoms with van der Waals surface area (Å²) >= 11 is 0. The van der Waals surface area contributed by atoms with E-state index < -0.39 is 10.0 Å². The molecule has 0 saturated carbocycles. The molecule has 0 spiro atoms. The molecule has 0 unspecified atom stereocenters. The lowest BCUT2D eigenvalue weighted by Crippen LogP contribution is -2.24. The topological polar surface area (TPSA) is 66.5 Å². The second-order valence-electron chi connectivity index (χ2n) is 5.16. The van der Waals surface area contributed by atoms with Gasteiger partial charge in [0.25, 0.3) is 5.91 Å². The molecule has 124 valence electrons. The van der Waals surface area contributed by atoms with Crippen LogP contribution in [-0.2, 0) is 10.0 Å². The molecule has 6 heteroatoms. The fourth-order valence-corrected chi connectivity index (χ4v) is 2.79. The minimum atomic E-state index is -3.49. The molecule has 0 bridgehead atoms. The highest BCUT2D eigenvalue weighted by molar-refractivity contribution is 7.89. The maximum atomic E-state index is 12.0. The normalized spacial score (nSPS) is 10.8. The molecule has 0 radical (unpaired) electrons. The molecule has 1 amide bonds. The van der Waals surface area contributed by atoms with Crippen molar-refractivity contribution >= 4 is 15.9 Å². The smallest absolute Gasteiger partial charge is 0.252 e. The predicted octanol–water partition coefficient (Wildman–Crippen LogP) is 1.72. The molecule has 1 N–H and O–H groups in total. The van der Waals surface area contributed by atoms with Crippen molar-refractivity contribution in [1.82, 2.24) is 9.62 Å². The van der Waals surface area contributed by atoms with Gasteiger partial charge in [-0.15, -0.1) is 0 Å². The molecular formula is C18H18N2O3S. The van der Waals surface area contributed by atoms with Gasteiger partial charge in [-0.3, -0.25) is 4.79 Å². The van der Waals surface area contributed by atoms with Crippen LogP contribution < -0.4 is 5.32 Å².